The van der Waals surface area contributed by atoms with E-state index < -0.39 is 6.09 Å². The maximum Gasteiger partial charge on any atom is 0.407 e. The standard InChI is InChI=1S/C14H18N2O2/c1-2-13-12(4-3-7-15-13)10-11-5-8-16(9-6-11)14(17)18/h3-4,7,10H,2,5-6,8-9H2,1H3,(H,17,18). The van der Waals surface area contributed by atoms with Gasteiger partial charge in [-0.3, -0.25) is 4.98 Å². The summed E-state index contributed by atoms with van der Waals surface area (Å²) in [6.07, 6.45) is 5.74. The molecule has 1 aromatic rings. The van der Waals surface area contributed by atoms with E-state index in [-0.39, 0.29) is 0 Å². The van der Waals surface area contributed by atoms with Gasteiger partial charge < -0.3 is 10.0 Å². The van der Waals surface area contributed by atoms with Crippen LogP contribution >= 0.6 is 0 Å². The Kier molecular flexibility index (Phi) is 3.97. The molecule has 0 bridgehead atoms. The van der Waals surface area contributed by atoms with E-state index in [0.29, 0.717) is 13.1 Å². The van der Waals surface area contributed by atoms with E-state index in [1.807, 2.05) is 12.3 Å². The van der Waals surface area contributed by atoms with Gasteiger partial charge in [0, 0.05) is 25.0 Å². The molecule has 0 spiro atoms. The monoisotopic (exact) mass is 246 g/mol. The fourth-order valence-electron chi connectivity index (χ4n) is 2.23. The van der Waals surface area contributed by atoms with Gasteiger partial charge in [-0.25, -0.2) is 4.79 Å². The summed E-state index contributed by atoms with van der Waals surface area (Å²) >= 11 is 0. The minimum absolute atomic E-state index is 0.600. The zero-order valence-corrected chi connectivity index (χ0v) is 10.6. The molecule has 2 heterocycles. The van der Waals surface area contributed by atoms with Crippen molar-refractivity contribution in [2.24, 2.45) is 0 Å². The molecule has 0 aromatic carbocycles. The summed E-state index contributed by atoms with van der Waals surface area (Å²) in [7, 11) is 0. The molecule has 1 fully saturated rings. The molecule has 1 amide bonds. The average Bonchev–Trinajstić information content (AvgIpc) is 2.40. The number of aromatic nitrogens is 1. The first-order valence-electron chi connectivity index (χ1n) is 6.32. The number of aryl methyl sites for hydroxylation is 1. The number of pyridine rings is 1. The van der Waals surface area contributed by atoms with Crippen molar-refractivity contribution in [1.82, 2.24) is 9.88 Å². The zero-order valence-electron chi connectivity index (χ0n) is 10.6. The molecular weight excluding hydrogens is 228 g/mol. The molecule has 96 valence electrons. The first-order chi connectivity index (χ1) is 8.70. The zero-order chi connectivity index (χ0) is 13.0. The van der Waals surface area contributed by atoms with Crippen LogP contribution in [0.1, 0.15) is 31.0 Å². The normalized spacial score (nSPS) is 15.6. The first-order valence-corrected chi connectivity index (χ1v) is 6.32. The first kappa shape index (κ1) is 12.6. The van der Waals surface area contributed by atoms with Gasteiger partial charge in [0.2, 0.25) is 0 Å². The molecule has 4 nitrogen and oxygen atoms in total. The molecule has 4 heteroatoms. The number of amides is 1. The number of hydrogen-bond acceptors (Lipinski definition) is 2. The minimum Gasteiger partial charge on any atom is -0.465 e. The Labute approximate surface area is 107 Å². The summed E-state index contributed by atoms with van der Waals surface area (Å²) in [5.74, 6) is 0. The van der Waals surface area contributed by atoms with Crippen LogP contribution in [0.2, 0.25) is 0 Å². The van der Waals surface area contributed by atoms with E-state index in [2.05, 4.69) is 24.1 Å². The SMILES string of the molecule is CCc1ncccc1C=C1CCN(C(=O)O)CC1. The van der Waals surface area contributed by atoms with E-state index in [1.165, 1.54) is 16.0 Å². The highest BCUT2D eigenvalue weighted by Gasteiger charge is 2.17. The number of piperidine rings is 1. The van der Waals surface area contributed by atoms with Crippen molar-refractivity contribution < 1.29 is 9.90 Å². The van der Waals surface area contributed by atoms with E-state index in [0.717, 1.165) is 25.0 Å². The van der Waals surface area contributed by atoms with Gasteiger partial charge in [0.25, 0.3) is 0 Å². The number of rotatable bonds is 2. The van der Waals surface area contributed by atoms with Gasteiger partial charge in [0.05, 0.1) is 0 Å². The van der Waals surface area contributed by atoms with Crippen LogP contribution in [0.5, 0.6) is 0 Å². The van der Waals surface area contributed by atoms with E-state index in [9.17, 15) is 4.79 Å². The topological polar surface area (TPSA) is 53.4 Å². The van der Waals surface area contributed by atoms with Crippen molar-refractivity contribution in [1.29, 1.82) is 0 Å². The van der Waals surface area contributed by atoms with Crippen molar-refractivity contribution >= 4 is 12.2 Å². The Hall–Kier alpha value is -1.84. The Morgan fingerprint density at radius 1 is 1.50 bits per heavy atom. The quantitative estimate of drug-likeness (QED) is 0.873. The third-order valence-electron chi connectivity index (χ3n) is 3.30. The largest absolute Gasteiger partial charge is 0.465 e. The molecule has 0 saturated carbocycles. The fourth-order valence-corrected chi connectivity index (χ4v) is 2.23. The van der Waals surface area contributed by atoms with Gasteiger partial charge in [-0.1, -0.05) is 24.6 Å². The average molecular weight is 246 g/mol. The van der Waals surface area contributed by atoms with E-state index >= 15 is 0 Å². The summed E-state index contributed by atoms with van der Waals surface area (Å²) in [5, 5.41) is 8.89. The number of carboxylic acid groups (broad SMARTS) is 1. The molecule has 1 aromatic heterocycles. The highest BCUT2D eigenvalue weighted by molar-refractivity contribution is 5.65. The lowest BCUT2D eigenvalue weighted by Gasteiger charge is -2.25. The summed E-state index contributed by atoms with van der Waals surface area (Å²) in [6.45, 7) is 3.29. The van der Waals surface area contributed by atoms with Crippen LogP contribution in [-0.4, -0.2) is 34.2 Å². The molecule has 0 radical (unpaired) electrons. The van der Waals surface area contributed by atoms with Crippen LogP contribution in [0.4, 0.5) is 4.79 Å². The molecule has 2 rings (SSSR count). The lowest BCUT2D eigenvalue weighted by atomic mass is 10.00. The van der Waals surface area contributed by atoms with E-state index in [1.54, 1.807) is 0 Å². The van der Waals surface area contributed by atoms with Crippen LogP contribution in [0.25, 0.3) is 6.08 Å². The van der Waals surface area contributed by atoms with Crippen molar-refractivity contribution in [2.45, 2.75) is 26.2 Å². The number of carbonyl (C=O) groups is 1. The van der Waals surface area contributed by atoms with Crippen molar-refractivity contribution in [3.8, 4) is 0 Å². The summed E-state index contributed by atoms with van der Waals surface area (Å²) < 4.78 is 0. The predicted molar refractivity (Wildman–Crippen MR) is 70.4 cm³/mol. The highest BCUT2D eigenvalue weighted by Crippen LogP contribution is 2.20. The second-order valence-corrected chi connectivity index (χ2v) is 4.47. The van der Waals surface area contributed by atoms with Gasteiger partial charge in [-0.05, 0) is 30.9 Å². The van der Waals surface area contributed by atoms with Crippen LogP contribution < -0.4 is 0 Å². The maximum atomic E-state index is 10.8. The molecule has 0 unspecified atom stereocenters. The Morgan fingerprint density at radius 3 is 2.83 bits per heavy atom. The molecule has 0 atom stereocenters. The summed E-state index contributed by atoms with van der Waals surface area (Å²) in [6, 6.07) is 4.01. The second-order valence-electron chi connectivity index (χ2n) is 4.47. The van der Waals surface area contributed by atoms with Gasteiger partial charge in [0.1, 0.15) is 0 Å². The van der Waals surface area contributed by atoms with Gasteiger partial charge in [-0.2, -0.15) is 0 Å². The van der Waals surface area contributed by atoms with Crippen LogP contribution in [-0.2, 0) is 6.42 Å². The molecule has 1 aliphatic heterocycles. The molecule has 18 heavy (non-hydrogen) atoms. The van der Waals surface area contributed by atoms with Crippen molar-refractivity contribution in [3.05, 3.63) is 35.2 Å². The summed E-state index contributed by atoms with van der Waals surface area (Å²) in [5.41, 5.74) is 3.58. The van der Waals surface area contributed by atoms with Crippen LogP contribution in [0.15, 0.2) is 23.9 Å². The molecule has 1 aliphatic rings. The lowest BCUT2D eigenvalue weighted by molar-refractivity contribution is 0.142. The molecule has 1 saturated heterocycles. The Morgan fingerprint density at radius 2 is 2.22 bits per heavy atom. The second kappa shape index (κ2) is 5.67. The van der Waals surface area contributed by atoms with Gasteiger partial charge in [-0.15, -0.1) is 0 Å². The van der Waals surface area contributed by atoms with Crippen molar-refractivity contribution in [2.75, 3.05) is 13.1 Å². The van der Waals surface area contributed by atoms with Crippen LogP contribution in [0, 0.1) is 0 Å². The molecular formula is C14H18N2O2. The highest BCUT2D eigenvalue weighted by atomic mass is 16.4. The Balaban J connectivity index is 2.09. The number of hydrogen-bond donors (Lipinski definition) is 1. The number of nitrogens with zero attached hydrogens (tertiary/aromatic N) is 2. The molecule has 0 aliphatic carbocycles. The smallest absolute Gasteiger partial charge is 0.407 e. The van der Waals surface area contributed by atoms with Crippen LogP contribution in [0.3, 0.4) is 0 Å². The number of likely N-dealkylation sites (tertiary alicyclic amines) is 1. The maximum absolute atomic E-state index is 10.8. The Bertz CT molecular complexity index is 459. The molecule has 1 N–H and O–H groups in total. The van der Waals surface area contributed by atoms with E-state index in [4.69, 9.17) is 5.11 Å². The summed E-state index contributed by atoms with van der Waals surface area (Å²) in [4.78, 5) is 16.6. The third-order valence-corrected chi connectivity index (χ3v) is 3.30. The van der Waals surface area contributed by atoms with Crippen molar-refractivity contribution in [3.63, 3.8) is 0 Å². The fraction of sp³-hybridized carbons (Fsp3) is 0.429. The van der Waals surface area contributed by atoms with Gasteiger partial charge in [0.15, 0.2) is 0 Å². The third kappa shape index (κ3) is 2.88. The lowest BCUT2D eigenvalue weighted by Crippen LogP contribution is -2.35. The minimum atomic E-state index is -0.815. The van der Waals surface area contributed by atoms with Gasteiger partial charge >= 0.3 is 6.09 Å². The predicted octanol–water partition coefficient (Wildman–Crippen LogP) is 2.80.